The van der Waals surface area contributed by atoms with E-state index >= 15 is 0 Å². The van der Waals surface area contributed by atoms with E-state index in [1.165, 1.54) is 6.42 Å². The van der Waals surface area contributed by atoms with Crippen LogP contribution < -0.4 is 5.32 Å². The fraction of sp³-hybridized carbons (Fsp3) is 0.846. The first-order valence-corrected chi connectivity index (χ1v) is 7.80. The largest absolute Gasteiger partial charge is 0.481 e. The highest BCUT2D eigenvalue weighted by Gasteiger charge is 2.29. The number of thioether (sulfide) groups is 1. The van der Waals surface area contributed by atoms with Crippen molar-refractivity contribution in [3.05, 3.63) is 0 Å². The van der Waals surface area contributed by atoms with E-state index in [1.54, 1.807) is 13.8 Å². The maximum Gasteiger partial charge on any atom is 0.307 e. The number of carboxylic acid groups (broad SMARTS) is 1. The topological polar surface area (TPSA) is 66.4 Å². The number of nitrogens with one attached hydrogen (secondary N) is 1. The summed E-state index contributed by atoms with van der Waals surface area (Å²) >= 11 is 1.85. The van der Waals surface area contributed by atoms with Gasteiger partial charge in [0.25, 0.3) is 0 Å². The van der Waals surface area contributed by atoms with Gasteiger partial charge in [0.15, 0.2) is 0 Å². The lowest BCUT2D eigenvalue weighted by atomic mass is 9.92. The van der Waals surface area contributed by atoms with Crippen LogP contribution in [0.4, 0.5) is 0 Å². The Kier molecular flexibility index (Phi) is 5.99. The smallest absolute Gasteiger partial charge is 0.307 e. The van der Waals surface area contributed by atoms with Gasteiger partial charge >= 0.3 is 5.97 Å². The van der Waals surface area contributed by atoms with Crippen molar-refractivity contribution < 1.29 is 14.7 Å². The van der Waals surface area contributed by atoms with E-state index < -0.39 is 17.8 Å². The lowest BCUT2D eigenvalue weighted by Crippen LogP contribution is -2.43. The summed E-state index contributed by atoms with van der Waals surface area (Å²) in [7, 11) is 0. The van der Waals surface area contributed by atoms with Crippen molar-refractivity contribution in [2.24, 2.45) is 11.8 Å². The second-order valence-electron chi connectivity index (χ2n) is 5.15. The van der Waals surface area contributed by atoms with Gasteiger partial charge in [-0.05, 0) is 25.5 Å². The van der Waals surface area contributed by atoms with Crippen LogP contribution in [0, 0.1) is 11.8 Å². The van der Waals surface area contributed by atoms with E-state index in [0.29, 0.717) is 5.25 Å². The summed E-state index contributed by atoms with van der Waals surface area (Å²) < 4.78 is 0. The van der Waals surface area contributed by atoms with Gasteiger partial charge in [-0.1, -0.05) is 20.3 Å². The molecule has 18 heavy (non-hydrogen) atoms. The molecule has 1 aliphatic rings. The zero-order valence-electron chi connectivity index (χ0n) is 11.3. The molecule has 104 valence electrons. The van der Waals surface area contributed by atoms with E-state index in [2.05, 4.69) is 11.6 Å². The first kappa shape index (κ1) is 15.3. The molecule has 0 spiro atoms. The molecular weight excluding hydrogens is 250 g/mol. The number of carbonyl (C=O) groups excluding carboxylic acids is 1. The Labute approximate surface area is 113 Å². The predicted molar refractivity (Wildman–Crippen MR) is 73.7 cm³/mol. The van der Waals surface area contributed by atoms with Crippen molar-refractivity contribution in [1.82, 2.24) is 5.32 Å². The summed E-state index contributed by atoms with van der Waals surface area (Å²) in [5.74, 6) is -2.15. The number of carboxylic acids is 1. The van der Waals surface area contributed by atoms with Gasteiger partial charge in [0.1, 0.15) is 0 Å². The second kappa shape index (κ2) is 7.02. The summed E-state index contributed by atoms with van der Waals surface area (Å²) in [5.41, 5.74) is 0. The number of hydrogen-bond acceptors (Lipinski definition) is 3. The van der Waals surface area contributed by atoms with Gasteiger partial charge in [0.2, 0.25) is 5.91 Å². The number of hydrogen-bond donors (Lipinski definition) is 2. The van der Waals surface area contributed by atoms with Crippen LogP contribution in [0.5, 0.6) is 0 Å². The SMILES string of the molecule is CSC1CCCC(NC(=O)C(C)C(C)C(=O)O)C1. The number of rotatable bonds is 5. The Bertz CT molecular complexity index is 309. The van der Waals surface area contributed by atoms with Crippen LogP contribution in [-0.2, 0) is 9.59 Å². The van der Waals surface area contributed by atoms with Gasteiger partial charge in [-0.3, -0.25) is 9.59 Å². The summed E-state index contributed by atoms with van der Waals surface area (Å²) in [4.78, 5) is 22.8. The van der Waals surface area contributed by atoms with Gasteiger partial charge in [0.05, 0.1) is 5.92 Å². The summed E-state index contributed by atoms with van der Waals surface area (Å²) in [5, 5.41) is 12.5. The number of carbonyl (C=O) groups is 2. The first-order chi connectivity index (χ1) is 8.45. The van der Waals surface area contributed by atoms with Gasteiger partial charge in [-0.25, -0.2) is 0 Å². The molecule has 0 aromatic heterocycles. The van der Waals surface area contributed by atoms with Crippen LogP contribution in [0.3, 0.4) is 0 Å². The van der Waals surface area contributed by atoms with Crippen molar-refractivity contribution in [3.8, 4) is 0 Å². The van der Waals surface area contributed by atoms with Crippen molar-refractivity contribution in [2.45, 2.75) is 50.8 Å². The molecule has 0 aliphatic heterocycles. The van der Waals surface area contributed by atoms with Crippen molar-refractivity contribution in [3.63, 3.8) is 0 Å². The molecule has 4 unspecified atom stereocenters. The second-order valence-corrected chi connectivity index (χ2v) is 6.28. The fourth-order valence-electron chi connectivity index (χ4n) is 2.26. The van der Waals surface area contributed by atoms with E-state index in [9.17, 15) is 9.59 Å². The van der Waals surface area contributed by atoms with Gasteiger partial charge in [0, 0.05) is 17.2 Å². The van der Waals surface area contributed by atoms with E-state index in [-0.39, 0.29) is 11.9 Å². The molecule has 0 bridgehead atoms. The van der Waals surface area contributed by atoms with Crippen LogP contribution in [0.2, 0.25) is 0 Å². The Morgan fingerprint density at radius 1 is 1.28 bits per heavy atom. The highest BCUT2D eigenvalue weighted by atomic mass is 32.2. The molecule has 4 atom stereocenters. The summed E-state index contributed by atoms with van der Waals surface area (Å²) in [6.07, 6.45) is 6.47. The number of amides is 1. The standard InChI is InChI=1S/C13H23NO3S/c1-8(9(2)13(16)17)12(15)14-10-5-4-6-11(7-10)18-3/h8-11H,4-7H2,1-3H3,(H,14,15)(H,16,17). The third-order valence-corrected chi connectivity index (χ3v) is 4.95. The van der Waals surface area contributed by atoms with Crippen molar-refractivity contribution in [2.75, 3.05) is 6.26 Å². The molecule has 1 amide bonds. The van der Waals surface area contributed by atoms with Crippen molar-refractivity contribution >= 4 is 23.6 Å². The molecule has 0 aromatic rings. The Hall–Kier alpha value is -0.710. The van der Waals surface area contributed by atoms with Crippen LogP contribution in [0.15, 0.2) is 0 Å². The van der Waals surface area contributed by atoms with Gasteiger partial charge in [-0.15, -0.1) is 0 Å². The lowest BCUT2D eigenvalue weighted by Gasteiger charge is -2.30. The monoisotopic (exact) mass is 273 g/mol. The van der Waals surface area contributed by atoms with E-state index in [1.807, 2.05) is 11.8 Å². The zero-order chi connectivity index (χ0) is 13.7. The highest BCUT2D eigenvalue weighted by Crippen LogP contribution is 2.27. The molecule has 1 fully saturated rings. The molecule has 0 radical (unpaired) electrons. The molecule has 0 heterocycles. The summed E-state index contributed by atoms with van der Waals surface area (Å²) in [6.45, 7) is 3.27. The third kappa shape index (κ3) is 4.19. The molecule has 1 rings (SSSR count). The quantitative estimate of drug-likeness (QED) is 0.805. The van der Waals surface area contributed by atoms with Gasteiger partial charge in [-0.2, -0.15) is 11.8 Å². The molecule has 1 aliphatic carbocycles. The zero-order valence-corrected chi connectivity index (χ0v) is 12.1. The first-order valence-electron chi connectivity index (χ1n) is 6.51. The minimum atomic E-state index is -0.914. The molecule has 5 heteroatoms. The van der Waals surface area contributed by atoms with Crippen molar-refractivity contribution in [1.29, 1.82) is 0 Å². The van der Waals surface area contributed by atoms with Crippen LogP contribution in [0.1, 0.15) is 39.5 Å². The molecule has 0 aromatic carbocycles. The lowest BCUT2D eigenvalue weighted by molar-refractivity contribution is -0.146. The van der Waals surface area contributed by atoms with Crippen LogP contribution in [-0.4, -0.2) is 34.5 Å². The van der Waals surface area contributed by atoms with E-state index in [0.717, 1.165) is 19.3 Å². The molecule has 1 saturated carbocycles. The minimum absolute atomic E-state index is 0.128. The maximum atomic E-state index is 12.0. The highest BCUT2D eigenvalue weighted by molar-refractivity contribution is 7.99. The maximum absolute atomic E-state index is 12.0. The van der Waals surface area contributed by atoms with Crippen LogP contribution >= 0.6 is 11.8 Å². The predicted octanol–water partition coefficient (Wildman–Crippen LogP) is 2.13. The van der Waals surface area contributed by atoms with Crippen LogP contribution in [0.25, 0.3) is 0 Å². The third-order valence-electron chi connectivity index (χ3n) is 3.86. The Morgan fingerprint density at radius 2 is 1.94 bits per heavy atom. The number of aliphatic carboxylic acids is 1. The minimum Gasteiger partial charge on any atom is -0.481 e. The summed E-state index contributed by atoms with van der Waals surface area (Å²) in [6, 6.07) is 0.215. The normalized spacial score (nSPS) is 27.3. The molecule has 0 saturated heterocycles. The fourth-order valence-corrected chi connectivity index (χ4v) is 3.09. The molecule has 2 N–H and O–H groups in total. The average Bonchev–Trinajstić information content (AvgIpc) is 2.36. The van der Waals surface area contributed by atoms with Gasteiger partial charge < -0.3 is 10.4 Å². The molecule has 4 nitrogen and oxygen atoms in total. The average molecular weight is 273 g/mol. The van der Waals surface area contributed by atoms with E-state index in [4.69, 9.17) is 5.11 Å². The Morgan fingerprint density at radius 3 is 2.50 bits per heavy atom. The molecular formula is C13H23NO3S. The Balaban J connectivity index is 2.46.